The van der Waals surface area contributed by atoms with Crippen LogP contribution in [0.3, 0.4) is 0 Å². The lowest BCUT2D eigenvalue weighted by Crippen LogP contribution is -2.20. The van der Waals surface area contributed by atoms with Crippen molar-refractivity contribution >= 4 is 22.4 Å². The van der Waals surface area contributed by atoms with Crippen LogP contribution < -0.4 is 14.8 Å². The molecule has 3 aromatic rings. The lowest BCUT2D eigenvalue weighted by Gasteiger charge is -2.11. The second kappa shape index (κ2) is 8.49. The van der Waals surface area contributed by atoms with Crippen LogP contribution in [0.1, 0.15) is 12.5 Å². The maximum Gasteiger partial charge on any atom is 0.264 e. The second-order valence-electron chi connectivity index (χ2n) is 5.57. The molecule has 2 aromatic carbocycles. The molecule has 0 radical (unpaired) electrons. The van der Waals surface area contributed by atoms with Crippen LogP contribution in [-0.4, -0.2) is 24.1 Å². The average molecular weight is 368 g/mol. The molecule has 0 saturated heterocycles. The Balaban J connectivity index is 1.60. The lowest BCUT2D eigenvalue weighted by atomic mass is 10.1. The van der Waals surface area contributed by atoms with E-state index in [1.165, 1.54) is 11.3 Å². The summed E-state index contributed by atoms with van der Waals surface area (Å²) in [6.07, 6.45) is 0. The summed E-state index contributed by atoms with van der Waals surface area (Å²) in [4.78, 5) is 16.6. The van der Waals surface area contributed by atoms with Crippen LogP contribution in [0.4, 0.5) is 5.13 Å². The summed E-state index contributed by atoms with van der Waals surface area (Å²) in [5, 5.41) is 5.26. The number of ether oxygens (including phenoxy) is 2. The molecule has 1 N–H and O–H groups in total. The van der Waals surface area contributed by atoms with Gasteiger partial charge in [-0.3, -0.25) is 10.1 Å². The Morgan fingerprint density at radius 3 is 2.50 bits per heavy atom. The van der Waals surface area contributed by atoms with Gasteiger partial charge < -0.3 is 9.47 Å². The zero-order chi connectivity index (χ0) is 18.4. The Morgan fingerprint density at radius 1 is 1.08 bits per heavy atom. The van der Waals surface area contributed by atoms with Gasteiger partial charge in [-0.25, -0.2) is 4.98 Å². The van der Waals surface area contributed by atoms with E-state index in [4.69, 9.17) is 9.47 Å². The normalized spacial score (nSPS) is 10.4. The maximum atomic E-state index is 12.2. The predicted octanol–water partition coefficient (Wildman–Crippen LogP) is 4.53. The molecule has 5 nitrogen and oxygen atoms in total. The SMILES string of the molecule is CCOc1ccccc1OCC(=O)Nc1nc(-c2ccccc2C)cs1. The van der Waals surface area contributed by atoms with Crippen LogP contribution in [0.2, 0.25) is 0 Å². The Kier molecular flexibility index (Phi) is 5.86. The molecule has 0 bridgehead atoms. The van der Waals surface area contributed by atoms with E-state index in [2.05, 4.69) is 10.3 Å². The highest BCUT2D eigenvalue weighted by Gasteiger charge is 2.11. The largest absolute Gasteiger partial charge is 0.490 e. The third-order valence-corrected chi connectivity index (χ3v) is 4.44. The minimum Gasteiger partial charge on any atom is -0.490 e. The molecule has 134 valence electrons. The van der Waals surface area contributed by atoms with Crippen molar-refractivity contribution < 1.29 is 14.3 Å². The number of nitrogens with one attached hydrogen (secondary N) is 1. The van der Waals surface area contributed by atoms with Crippen molar-refractivity contribution in [2.75, 3.05) is 18.5 Å². The summed E-state index contributed by atoms with van der Waals surface area (Å²) in [5.41, 5.74) is 3.06. The van der Waals surface area contributed by atoms with E-state index < -0.39 is 0 Å². The average Bonchev–Trinajstić information content (AvgIpc) is 3.10. The van der Waals surface area contributed by atoms with Gasteiger partial charge in [0, 0.05) is 10.9 Å². The van der Waals surface area contributed by atoms with Gasteiger partial charge in [0.1, 0.15) is 0 Å². The van der Waals surface area contributed by atoms with E-state index in [1.807, 2.05) is 61.7 Å². The number of carbonyl (C=O) groups is 1. The van der Waals surface area contributed by atoms with Crippen molar-refractivity contribution in [2.45, 2.75) is 13.8 Å². The first-order chi connectivity index (χ1) is 12.7. The number of para-hydroxylation sites is 2. The van der Waals surface area contributed by atoms with Crippen LogP contribution in [-0.2, 0) is 4.79 Å². The highest BCUT2D eigenvalue weighted by molar-refractivity contribution is 7.14. The molecule has 1 aromatic heterocycles. The third kappa shape index (κ3) is 4.40. The molecule has 1 heterocycles. The zero-order valence-corrected chi connectivity index (χ0v) is 15.5. The van der Waals surface area contributed by atoms with Gasteiger partial charge in [-0.2, -0.15) is 0 Å². The zero-order valence-electron chi connectivity index (χ0n) is 14.7. The quantitative estimate of drug-likeness (QED) is 0.665. The van der Waals surface area contributed by atoms with Crippen molar-refractivity contribution in [1.82, 2.24) is 4.98 Å². The molecule has 0 aliphatic rings. The van der Waals surface area contributed by atoms with Gasteiger partial charge in [0.05, 0.1) is 12.3 Å². The molecule has 26 heavy (non-hydrogen) atoms. The number of carbonyl (C=O) groups excluding carboxylic acids is 1. The Morgan fingerprint density at radius 2 is 1.77 bits per heavy atom. The van der Waals surface area contributed by atoms with Gasteiger partial charge in [-0.15, -0.1) is 11.3 Å². The summed E-state index contributed by atoms with van der Waals surface area (Å²) < 4.78 is 11.1. The van der Waals surface area contributed by atoms with Crippen LogP contribution in [0.25, 0.3) is 11.3 Å². The molecule has 0 aliphatic heterocycles. The molecule has 0 saturated carbocycles. The fourth-order valence-corrected chi connectivity index (χ4v) is 3.18. The van der Waals surface area contributed by atoms with Gasteiger partial charge in [0.15, 0.2) is 23.2 Å². The Bertz CT molecular complexity index is 892. The number of aromatic nitrogens is 1. The van der Waals surface area contributed by atoms with Crippen LogP contribution in [0.15, 0.2) is 53.9 Å². The minimum atomic E-state index is -0.262. The van der Waals surface area contributed by atoms with Crippen molar-refractivity contribution in [3.8, 4) is 22.8 Å². The van der Waals surface area contributed by atoms with Crippen molar-refractivity contribution in [1.29, 1.82) is 0 Å². The first-order valence-electron chi connectivity index (χ1n) is 8.33. The Hall–Kier alpha value is -2.86. The molecular weight excluding hydrogens is 348 g/mol. The van der Waals surface area contributed by atoms with E-state index in [-0.39, 0.29) is 12.5 Å². The molecule has 0 atom stereocenters. The number of hydrogen-bond acceptors (Lipinski definition) is 5. The number of amides is 1. The van der Waals surface area contributed by atoms with E-state index in [1.54, 1.807) is 6.07 Å². The summed E-state index contributed by atoms with van der Waals surface area (Å²) in [6.45, 7) is 4.37. The van der Waals surface area contributed by atoms with Crippen LogP contribution in [0, 0.1) is 6.92 Å². The fourth-order valence-electron chi connectivity index (χ4n) is 2.46. The molecule has 0 spiro atoms. The number of rotatable bonds is 7. The Labute approximate surface area is 156 Å². The topological polar surface area (TPSA) is 60.5 Å². The van der Waals surface area contributed by atoms with E-state index in [9.17, 15) is 4.79 Å². The van der Waals surface area contributed by atoms with Crippen molar-refractivity contribution in [3.05, 3.63) is 59.5 Å². The first kappa shape index (κ1) is 17.9. The highest BCUT2D eigenvalue weighted by Crippen LogP contribution is 2.28. The number of benzene rings is 2. The smallest absolute Gasteiger partial charge is 0.264 e. The van der Waals surface area contributed by atoms with Gasteiger partial charge in [-0.05, 0) is 31.5 Å². The van der Waals surface area contributed by atoms with Gasteiger partial charge in [-0.1, -0.05) is 36.4 Å². The molecule has 3 rings (SSSR count). The highest BCUT2D eigenvalue weighted by atomic mass is 32.1. The molecule has 0 fully saturated rings. The predicted molar refractivity (Wildman–Crippen MR) is 104 cm³/mol. The van der Waals surface area contributed by atoms with E-state index in [0.717, 1.165) is 16.8 Å². The summed E-state index contributed by atoms with van der Waals surface area (Å²) >= 11 is 1.39. The molecular formula is C20H20N2O3S. The van der Waals surface area contributed by atoms with Crippen molar-refractivity contribution in [2.24, 2.45) is 0 Å². The molecule has 6 heteroatoms. The monoisotopic (exact) mass is 368 g/mol. The number of aryl methyl sites for hydroxylation is 1. The van der Waals surface area contributed by atoms with Crippen LogP contribution >= 0.6 is 11.3 Å². The number of thiazole rings is 1. The van der Waals surface area contributed by atoms with Gasteiger partial charge >= 0.3 is 0 Å². The molecule has 0 unspecified atom stereocenters. The fraction of sp³-hybridized carbons (Fsp3) is 0.200. The summed E-state index contributed by atoms with van der Waals surface area (Å²) in [7, 11) is 0. The van der Waals surface area contributed by atoms with Crippen molar-refractivity contribution in [3.63, 3.8) is 0 Å². The number of anilines is 1. The number of hydrogen-bond donors (Lipinski definition) is 1. The number of nitrogens with zero attached hydrogens (tertiary/aromatic N) is 1. The second-order valence-corrected chi connectivity index (χ2v) is 6.43. The third-order valence-electron chi connectivity index (χ3n) is 3.68. The first-order valence-corrected chi connectivity index (χ1v) is 9.21. The van der Waals surface area contributed by atoms with Gasteiger partial charge in [0.2, 0.25) is 0 Å². The summed E-state index contributed by atoms with van der Waals surface area (Å²) in [5.74, 6) is 0.908. The summed E-state index contributed by atoms with van der Waals surface area (Å²) in [6, 6.07) is 15.3. The van der Waals surface area contributed by atoms with E-state index in [0.29, 0.717) is 23.2 Å². The van der Waals surface area contributed by atoms with Crippen LogP contribution in [0.5, 0.6) is 11.5 Å². The molecule has 1 amide bonds. The standard InChI is InChI=1S/C20H20N2O3S/c1-3-24-17-10-6-7-11-18(17)25-12-19(23)22-20-21-16(13-26-20)15-9-5-4-8-14(15)2/h4-11,13H,3,12H2,1-2H3,(H,21,22,23). The molecule has 0 aliphatic carbocycles. The minimum absolute atomic E-state index is 0.108. The van der Waals surface area contributed by atoms with E-state index >= 15 is 0 Å². The maximum absolute atomic E-state index is 12.2. The lowest BCUT2D eigenvalue weighted by molar-refractivity contribution is -0.118. The van der Waals surface area contributed by atoms with Gasteiger partial charge in [0.25, 0.3) is 5.91 Å².